The van der Waals surface area contributed by atoms with Gasteiger partial charge in [0.1, 0.15) is 0 Å². The lowest BCUT2D eigenvalue weighted by Gasteiger charge is -2.13. The fourth-order valence-corrected chi connectivity index (χ4v) is 1.39. The van der Waals surface area contributed by atoms with Gasteiger partial charge in [0.15, 0.2) is 23.3 Å². The lowest BCUT2D eigenvalue weighted by atomic mass is 10.1. The van der Waals surface area contributed by atoms with Crippen LogP contribution >= 0.6 is 15.9 Å². The molecular formula is C8H6BrF4NO. The summed E-state index contributed by atoms with van der Waals surface area (Å²) in [6, 6.07) is -1.51. The summed E-state index contributed by atoms with van der Waals surface area (Å²) in [5.41, 5.74) is 4.10. The van der Waals surface area contributed by atoms with Gasteiger partial charge >= 0.3 is 0 Å². The van der Waals surface area contributed by atoms with Crippen molar-refractivity contribution in [1.82, 2.24) is 0 Å². The highest BCUT2D eigenvalue weighted by Gasteiger charge is 2.27. The van der Waals surface area contributed by atoms with Gasteiger partial charge in [-0.15, -0.1) is 0 Å². The van der Waals surface area contributed by atoms with Gasteiger partial charge in [-0.3, -0.25) is 0 Å². The van der Waals surface area contributed by atoms with E-state index in [2.05, 4.69) is 15.9 Å². The Labute approximate surface area is 90.8 Å². The van der Waals surface area contributed by atoms with Crippen LogP contribution in [0.2, 0.25) is 0 Å². The SMILES string of the molecule is N[C@@H](CO)c1c(F)c(F)c(Br)c(F)c1F. The van der Waals surface area contributed by atoms with Gasteiger partial charge in [-0.1, -0.05) is 0 Å². The minimum atomic E-state index is -1.61. The van der Waals surface area contributed by atoms with E-state index in [9.17, 15) is 17.6 Å². The van der Waals surface area contributed by atoms with Crippen LogP contribution in [0.4, 0.5) is 17.6 Å². The molecule has 0 aliphatic carbocycles. The first-order valence-electron chi connectivity index (χ1n) is 3.79. The molecule has 1 rings (SSSR count). The van der Waals surface area contributed by atoms with Crippen LogP contribution in [0, 0.1) is 23.3 Å². The second-order valence-corrected chi connectivity index (χ2v) is 3.57. The van der Waals surface area contributed by atoms with E-state index in [0.717, 1.165) is 0 Å². The second-order valence-electron chi connectivity index (χ2n) is 2.77. The van der Waals surface area contributed by atoms with Crippen molar-refractivity contribution in [1.29, 1.82) is 0 Å². The maximum atomic E-state index is 13.1. The minimum absolute atomic E-state index is 0.825. The molecule has 0 unspecified atom stereocenters. The molecule has 0 aliphatic rings. The molecule has 0 radical (unpaired) electrons. The van der Waals surface area contributed by atoms with Gasteiger partial charge in [-0.2, -0.15) is 0 Å². The number of halogens is 5. The van der Waals surface area contributed by atoms with Crippen molar-refractivity contribution in [3.8, 4) is 0 Å². The molecule has 3 N–H and O–H groups in total. The van der Waals surface area contributed by atoms with Gasteiger partial charge in [-0.05, 0) is 15.9 Å². The number of aliphatic hydroxyl groups is 1. The van der Waals surface area contributed by atoms with E-state index >= 15 is 0 Å². The fourth-order valence-electron chi connectivity index (χ4n) is 1.04. The van der Waals surface area contributed by atoms with Gasteiger partial charge in [0, 0.05) is 5.56 Å². The Hall–Kier alpha value is -0.660. The largest absolute Gasteiger partial charge is 0.394 e. The summed E-state index contributed by atoms with van der Waals surface area (Å²) in [6.45, 7) is -0.825. The van der Waals surface area contributed by atoms with E-state index in [1.54, 1.807) is 0 Å². The number of hydrogen-bond donors (Lipinski definition) is 2. The van der Waals surface area contributed by atoms with E-state index in [1.807, 2.05) is 0 Å². The Balaban J connectivity index is 3.52. The lowest BCUT2D eigenvalue weighted by Crippen LogP contribution is -2.20. The summed E-state index contributed by atoms with van der Waals surface area (Å²) in [6.07, 6.45) is 0. The minimum Gasteiger partial charge on any atom is -0.394 e. The predicted octanol–water partition coefficient (Wildman–Crippen LogP) is 2.00. The van der Waals surface area contributed by atoms with E-state index in [-0.39, 0.29) is 0 Å². The first kappa shape index (κ1) is 12.4. The molecule has 0 spiro atoms. The van der Waals surface area contributed by atoms with Gasteiger partial charge in [0.25, 0.3) is 0 Å². The molecule has 0 saturated heterocycles. The highest BCUT2D eigenvalue weighted by Crippen LogP contribution is 2.30. The number of nitrogens with two attached hydrogens (primary N) is 1. The Morgan fingerprint density at radius 1 is 1.07 bits per heavy atom. The highest BCUT2D eigenvalue weighted by atomic mass is 79.9. The average Bonchev–Trinajstić information content (AvgIpc) is 2.23. The monoisotopic (exact) mass is 287 g/mol. The van der Waals surface area contributed by atoms with Crippen molar-refractivity contribution in [2.45, 2.75) is 6.04 Å². The Bertz CT molecular complexity index is 370. The third kappa shape index (κ3) is 1.99. The molecule has 7 heteroatoms. The third-order valence-electron chi connectivity index (χ3n) is 1.81. The number of hydrogen-bond acceptors (Lipinski definition) is 2. The maximum absolute atomic E-state index is 13.1. The van der Waals surface area contributed by atoms with Crippen LogP contribution in [0.15, 0.2) is 4.47 Å². The topological polar surface area (TPSA) is 46.2 Å². The van der Waals surface area contributed by atoms with E-state index < -0.39 is 46.0 Å². The van der Waals surface area contributed by atoms with Crippen LogP contribution in [0.3, 0.4) is 0 Å². The summed E-state index contributed by atoms with van der Waals surface area (Å²) >= 11 is 2.35. The summed E-state index contributed by atoms with van der Waals surface area (Å²) in [5, 5.41) is 8.57. The average molecular weight is 288 g/mol. The van der Waals surface area contributed by atoms with Crippen LogP contribution in [-0.2, 0) is 0 Å². The van der Waals surface area contributed by atoms with Crippen molar-refractivity contribution in [3.63, 3.8) is 0 Å². The molecule has 1 atom stereocenters. The van der Waals surface area contributed by atoms with E-state index in [1.165, 1.54) is 0 Å². The Morgan fingerprint density at radius 2 is 1.47 bits per heavy atom. The molecule has 84 valence electrons. The fraction of sp³-hybridized carbons (Fsp3) is 0.250. The summed E-state index contributed by atoms with van der Waals surface area (Å²) in [5.74, 6) is -6.37. The summed E-state index contributed by atoms with van der Waals surface area (Å²) in [4.78, 5) is 0. The third-order valence-corrected chi connectivity index (χ3v) is 2.51. The van der Waals surface area contributed by atoms with Crippen LogP contribution in [0.1, 0.15) is 11.6 Å². The van der Waals surface area contributed by atoms with Gasteiger partial charge in [0.2, 0.25) is 0 Å². The molecule has 15 heavy (non-hydrogen) atoms. The van der Waals surface area contributed by atoms with E-state index in [0.29, 0.717) is 0 Å². The molecular weight excluding hydrogens is 282 g/mol. The maximum Gasteiger partial charge on any atom is 0.176 e. The molecule has 0 fully saturated rings. The van der Waals surface area contributed by atoms with Gasteiger partial charge < -0.3 is 10.8 Å². The second kappa shape index (κ2) is 4.46. The number of aliphatic hydroxyl groups excluding tert-OH is 1. The Morgan fingerprint density at radius 3 is 1.80 bits per heavy atom. The number of benzene rings is 1. The van der Waals surface area contributed by atoms with Crippen LogP contribution in [-0.4, -0.2) is 11.7 Å². The van der Waals surface area contributed by atoms with Crippen LogP contribution in [0.25, 0.3) is 0 Å². The zero-order chi connectivity index (χ0) is 11.7. The molecule has 0 amide bonds. The Kier molecular flexibility index (Phi) is 3.69. The van der Waals surface area contributed by atoms with Crippen molar-refractivity contribution < 1.29 is 22.7 Å². The molecule has 1 aromatic rings. The standard InChI is InChI=1S/C8H6BrF4NO/c9-4-7(12)5(10)3(2(14)1-15)6(11)8(4)13/h2,15H,1,14H2/t2-/m0/s1. The van der Waals surface area contributed by atoms with Crippen molar-refractivity contribution >= 4 is 15.9 Å². The molecule has 0 aliphatic heterocycles. The molecule has 2 nitrogen and oxygen atoms in total. The summed E-state index contributed by atoms with van der Waals surface area (Å²) < 4.78 is 51.3. The molecule has 0 aromatic heterocycles. The zero-order valence-electron chi connectivity index (χ0n) is 7.20. The van der Waals surface area contributed by atoms with Crippen molar-refractivity contribution in [2.75, 3.05) is 6.61 Å². The normalized spacial score (nSPS) is 13.0. The zero-order valence-corrected chi connectivity index (χ0v) is 8.78. The molecule has 0 bridgehead atoms. The molecule has 0 saturated carbocycles. The molecule has 1 aromatic carbocycles. The van der Waals surface area contributed by atoms with Gasteiger partial charge in [0.05, 0.1) is 17.1 Å². The van der Waals surface area contributed by atoms with Crippen molar-refractivity contribution in [2.24, 2.45) is 5.73 Å². The first-order valence-corrected chi connectivity index (χ1v) is 4.58. The summed E-state index contributed by atoms with van der Waals surface area (Å²) in [7, 11) is 0. The quantitative estimate of drug-likeness (QED) is 0.496. The predicted molar refractivity (Wildman–Crippen MR) is 48.0 cm³/mol. The first-order chi connectivity index (χ1) is 6.91. The highest BCUT2D eigenvalue weighted by molar-refractivity contribution is 9.10. The lowest BCUT2D eigenvalue weighted by molar-refractivity contribution is 0.259. The smallest absolute Gasteiger partial charge is 0.176 e. The van der Waals surface area contributed by atoms with Crippen molar-refractivity contribution in [3.05, 3.63) is 33.3 Å². The van der Waals surface area contributed by atoms with Gasteiger partial charge in [-0.25, -0.2) is 17.6 Å². The number of rotatable bonds is 2. The van der Waals surface area contributed by atoms with Crippen LogP contribution < -0.4 is 5.73 Å². The molecule has 0 heterocycles. The van der Waals surface area contributed by atoms with E-state index in [4.69, 9.17) is 10.8 Å². The van der Waals surface area contributed by atoms with Crippen LogP contribution in [0.5, 0.6) is 0 Å².